The Balaban J connectivity index is 1.92. The summed E-state index contributed by atoms with van der Waals surface area (Å²) in [5.41, 5.74) is 0. The predicted molar refractivity (Wildman–Crippen MR) is 37.7 cm³/mol. The molecule has 3 heterocycles. The second-order valence-corrected chi connectivity index (χ2v) is 3.78. The summed E-state index contributed by atoms with van der Waals surface area (Å²) in [5.74, 6) is 1.75. The summed E-state index contributed by atoms with van der Waals surface area (Å²) >= 11 is 0. The monoisotopic (exact) mass is 139 g/mol. The Bertz CT molecular complexity index is 143. The molecule has 2 heteroatoms. The zero-order valence-corrected chi connectivity index (χ0v) is 6.05. The highest BCUT2D eigenvalue weighted by Gasteiger charge is 2.50. The van der Waals surface area contributed by atoms with E-state index in [0.29, 0.717) is 12.2 Å². The van der Waals surface area contributed by atoms with E-state index in [1.165, 1.54) is 25.9 Å². The Kier molecular flexibility index (Phi) is 0.968. The first-order valence-electron chi connectivity index (χ1n) is 4.31. The molecule has 3 aliphatic heterocycles. The van der Waals surface area contributed by atoms with Crippen molar-refractivity contribution in [3.8, 4) is 0 Å². The van der Waals surface area contributed by atoms with Crippen LogP contribution in [0.2, 0.25) is 0 Å². The maximum Gasteiger partial charge on any atom is 0.0624 e. The molecule has 2 nitrogen and oxygen atoms in total. The summed E-state index contributed by atoms with van der Waals surface area (Å²) in [6.07, 6.45) is 3.91. The van der Waals surface area contributed by atoms with Crippen molar-refractivity contribution in [2.45, 2.75) is 25.0 Å². The zero-order chi connectivity index (χ0) is 6.55. The molecule has 1 N–H and O–H groups in total. The Morgan fingerprint density at radius 3 is 2.20 bits per heavy atom. The highest BCUT2D eigenvalue weighted by Crippen LogP contribution is 2.44. The van der Waals surface area contributed by atoms with Crippen LogP contribution in [0.1, 0.15) is 12.8 Å². The number of nitrogens with one attached hydrogen (secondary N) is 1. The van der Waals surface area contributed by atoms with E-state index >= 15 is 0 Å². The maximum absolute atomic E-state index is 5.80. The Labute approximate surface area is 60.9 Å². The lowest BCUT2D eigenvalue weighted by Crippen LogP contribution is -2.24. The first-order valence-corrected chi connectivity index (χ1v) is 4.31. The summed E-state index contributed by atoms with van der Waals surface area (Å²) in [7, 11) is 0. The van der Waals surface area contributed by atoms with Crippen LogP contribution in [0.25, 0.3) is 0 Å². The molecule has 3 rings (SSSR count). The van der Waals surface area contributed by atoms with Crippen molar-refractivity contribution in [2.24, 2.45) is 11.8 Å². The van der Waals surface area contributed by atoms with Gasteiger partial charge in [-0.15, -0.1) is 0 Å². The van der Waals surface area contributed by atoms with Gasteiger partial charge < -0.3 is 10.1 Å². The molecule has 0 aliphatic carbocycles. The summed E-state index contributed by atoms with van der Waals surface area (Å²) in [5, 5.41) is 3.45. The molecule has 2 unspecified atom stereocenters. The molecule has 0 saturated carbocycles. The highest BCUT2D eigenvalue weighted by molar-refractivity contribution is 5.01. The van der Waals surface area contributed by atoms with E-state index in [2.05, 4.69) is 5.32 Å². The molecular weight excluding hydrogens is 126 g/mol. The third-order valence-electron chi connectivity index (χ3n) is 3.35. The average molecular weight is 139 g/mol. The normalized spacial score (nSPS) is 57.6. The molecule has 0 amide bonds. The Morgan fingerprint density at radius 2 is 1.60 bits per heavy atom. The third-order valence-corrected chi connectivity index (χ3v) is 3.35. The van der Waals surface area contributed by atoms with E-state index in [1.807, 2.05) is 0 Å². The minimum Gasteiger partial charge on any atom is -0.374 e. The van der Waals surface area contributed by atoms with E-state index in [9.17, 15) is 0 Å². The van der Waals surface area contributed by atoms with Crippen molar-refractivity contribution in [2.75, 3.05) is 13.1 Å². The van der Waals surface area contributed by atoms with Gasteiger partial charge in [0.15, 0.2) is 0 Å². The SMILES string of the molecule is C1NCC2C1[C@@H]1CC[C@H]2O1. The highest BCUT2D eigenvalue weighted by atomic mass is 16.5. The standard InChI is InChI=1S/C8H13NO/c1-2-8-6-4-9-3-5(6)7(1)10-8/h5-9H,1-4H2/t5?,6?,7-,8+. The van der Waals surface area contributed by atoms with Gasteiger partial charge in [-0.1, -0.05) is 0 Å². The fourth-order valence-corrected chi connectivity index (χ4v) is 2.85. The fourth-order valence-electron chi connectivity index (χ4n) is 2.85. The van der Waals surface area contributed by atoms with Crippen LogP contribution in [0.5, 0.6) is 0 Å². The lowest BCUT2D eigenvalue weighted by Gasteiger charge is -2.18. The molecule has 2 bridgehead atoms. The van der Waals surface area contributed by atoms with Gasteiger partial charge in [0, 0.05) is 24.9 Å². The molecule has 0 aromatic rings. The molecule has 0 radical (unpaired) electrons. The van der Waals surface area contributed by atoms with E-state index < -0.39 is 0 Å². The molecule has 3 saturated heterocycles. The van der Waals surface area contributed by atoms with Crippen LogP contribution in [0.3, 0.4) is 0 Å². The summed E-state index contributed by atoms with van der Waals surface area (Å²) in [6, 6.07) is 0. The van der Waals surface area contributed by atoms with Crippen LogP contribution in [-0.4, -0.2) is 25.3 Å². The first kappa shape index (κ1) is 5.56. The number of hydrogen-bond acceptors (Lipinski definition) is 2. The molecule has 3 aliphatic rings. The minimum absolute atomic E-state index is 0.630. The van der Waals surface area contributed by atoms with Gasteiger partial charge in [-0.25, -0.2) is 0 Å². The number of hydrogen-bond donors (Lipinski definition) is 1. The van der Waals surface area contributed by atoms with Gasteiger partial charge in [-0.05, 0) is 12.8 Å². The fraction of sp³-hybridized carbons (Fsp3) is 1.00. The van der Waals surface area contributed by atoms with Gasteiger partial charge in [-0.2, -0.15) is 0 Å². The molecule has 3 fully saturated rings. The zero-order valence-electron chi connectivity index (χ0n) is 6.05. The quantitative estimate of drug-likeness (QED) is 0.524. The molecule has 0 spiro atoms. The number of ether oxygens (including phenoxy) is 1. The summed E-state index contributed by atoms with van der Waals surface area (Å²) < 4.78 is 5.80. The maximum atomic E-state index is 5.80. The predicted octanol–water partition coefficient (Wildman–Crippen LogP) is 0.383. The van der Waals surface area contributed by atoms with Gasteiger partial charge in [0.25, 0.3) is 0 Å². The average Bonchev–Trinajstić information content (AvgIpc) is 2.60. The van der Waals surface area contributed by atoms with Crippen LogP contribution in [0.4, 0.5) is 0 Å². The molecular formula is C8H13NO. The van der Waals surface area contributed by atoms with Crippen molar-refractivity contribution in [3.05, 3.63) is 0 Å². The van der Waals surface area contributed by atoms with Crippen LogP contribution >= 0.6 is 0 Å². The smallest absolute Gasteiger partial charge is 0.0624 e. The van der Waals surface area contributed by atoms with E-state index in [-0.39, 0.29) is 0 Å². The molecule has 0 aromatic carbocycles. The first-order chi connectivity index (χ1) is 4.95. The van der Waals surface area contributed by atoms with Crippen LogP contribution in [0.15, 0.2) is 0 Å². The molecule has 0 aromatic heterocycles. The van der Waals surface area contributed by atoms with E-state index in [1.54, 1.807) is 0 Å². The van der Waals surface area contributed by atoms with E-state index in [0.717, 1.165) is 11.8 Å². The molecule has 10 heavy (non-hydrogen) atoms. The number of rotatable bonds is 0. The second kappa shape index (κ2) is 1.74. The van der Waals surface area contributed by atoms with Gasteiger partial charge in [0.2, 0.25) is 0 Å². The van der Waals surface area contributed by atoms with Crippen molar-refractivity contribution in [1.29, 1.82) is 0 Å². The van der Waals surface area contributed by atoms with Crippen LogP contribution < -0.4 is 5.32 Å². The van der Waals surface area contributed by atoms with Crippen molar-refractivity contribution >= 4 is 0 Å². The topological polar surface area (TPSA) is 21.3 Å². The lowest BCUT2D eigenvalue weighted by atomic mass is 9.82. The Morgan fingerprint density at radius 1 is 1.00 bits per heavy atom. The largest absolute Gasteiger partial charge is 0.374 e. The van der Waals surface area contributed by atoms with Crippen molar-refractivity contribution in [1.82, 2.24) is 5.32 Å². The van der Waals surface area contributed by atoms with Crippen LogP contribution in [0, 0.1) is 11.8 Å². The third kappa shape index (κ3) is 0.523. The van der Waals surface area contributed by atoms with Gasteiger partial charge >= 0.3 is 0 Å². The molecule has 56 valence electrons. The summed E-state index contributed by atoms with van der Waals surface area (Å²) in [6.45, 7) is 2.43. The van der Waals surface area contributed by atoms with E-state index in [4.69, 9.17) is 4.74 Å². The number of fused-ring (bicyclic) bond motifs is 5. The van der Waals surface area contributed by atoms with Gasteiger partial charge in [0.1, 0.15) is 0 Å². The van der Waals surface area contributed by atoms with Crippen LogP contribution in [-0.2, 0) is 4.74 Å². The second-order valence-electron chi connectivity index (χ2n) is 3.78. The van der Waals surface area contributed by atoms with Gasteiger partial charge in [0.05, 0.1) is 12.2 Å². The minimum atomic E-state index is 0.630. The molecule has 4 atom stereocenters. The lowest BCUT2D eigenvalue weighted by molar-refractivity contribution is 0.0832. The summed E-state index contributed by atoms with van der Waals surface area (Å²) in [4.78, 5) is 0. The Hall–Kier alpha value is -0.0800. The van der Waals surface area contributed by atoms with Gasteiger partial charge in [-0.3, -0.25) is 0 Å². The van der Waals surface area contributed by atoms with Crippen molar-refractivity contribution < 1.29 is 4.74 Å². The van der Waals surface area contributed by atoms with Crippen molar-refractivity contribution in [3.63, 3.8) is 0 Å².